The zero-order valence-corrected chi connectivity index (χ0v) is 14.4. The van der Waals surface area contributed by atoms with Gasteiger partial charge in [0.2, 0.25) is 5.91 Å². The van der Waals surface area contributed by atoms with Crippen molar-refractivity contribution >= 4 is 50.7 Å². The Kier molecular flexibility index (Phi) is 8.26. The van der Waals surface area contributed by atoms with Crippen LogP contribution in [0.5, 0.6) is 0 Å². The maximum Gasteiger partial charge on any atom is 0.221 e. The molecule has 0 aromatic heterocycles. The molecule has 1 amide bonds. The van der Waals surface area contributed by atoms with Gasteiger partial charge in [0.05, 0.1) is 0 Å². The fraction of sp³-hybridized carbons (Fsp3) is 0.286. The molecule has 7 heteroatoms. The zero-order valence-electron chi connectivity index (χ0n) is 11.9. The van der Waals surface area contributed by atoms with Gasteiger partial charge in [-0.15, -0.1) is 0 Å². The summed E-state index contributed by atoms with van der Waals surface area (Å²) in [6, 6.07) is 7.49. The van der Waals surface area contributed by atoms with E-state index in [2.05, 4.69) is 10.6 Å². The van der Waals surface area contributed by atoms with Crippen molar-refractivity contribution in [3.63, 3.8) is 0 Å². The molecule has 0 fully saturated rings. The van der Waals surface area contributed by atoms with E-state index in [0.717, 1.165) is 17.0 Å². The van der Waals surface area contributed by atoms with E-state index in [-0.39, 0.29) is 5.91 Å². The van der Waals surface area contributed by atoms with Crippen LogP contribution in [0.15, 0.2) is 40.6 Å². The number of carbonyl (C=O) groups excluding carboxylic acids is 1. The largest absolute Gasteiger partial charge is 0.370 e. The fourth-order valence-electron chi connectivity index (χ4n) is 1.41. The third kappa shape index (κ3) is 8.64. The monoisotopic (exact) mass is 342 g/mol. The topological polar surface area (TPSA) is 58.2 Å². The van der Waals surface area contributed by atoms with Crippen LogP contribution in [0.2, 0.25) is 0 Å². The van der Waals surface area contributed by atoms with Crippen molar-refractivity contribution in [2.24, 2.45) is 0 Å². The Labute approximate surface area is 137 Å². The normalized spacial score (nSPS) is 12.1. The zero-order chi connectivity index (χ0) is 15.7. The van der Waals surface area contributed by atoms with Crippen LogP contribution in [-0.2, 0) is 15.6 Å². The highest BCUT2D eigenvalue weighted by atomic mass is 32.2. The maximum absolute atomic E-state index is 10.9. The Hall–Kier alpha value is -1.18. The van der Waals surface area contributed by atoms with Gasteiger partial charge in [-0.05, 0) is 36.1 Å². The van der Waals surface area contributed by atoms with E-state index < -0.39 is 10.8 Å². The lowest BCUT2D eigenvalue weighted by Crippen LogP contribution is -2.18. The van der Waals surface area contributed by atoms with E-state index >= 15 is 0 Å². The van der Waals surface area contributed by atoms with Crippen LogP contribution < -0.4 is 10.6 Å². The predicted octanol–water partition coefficient (Wildman–Crippen LogP) is 2.89. The van der Waals surface area contributed by atoms with Crippen molar-refractivity contribution < 1.29 is 9.00 Å². The van der Waals surface area contributed by atoms with Gasteiger partial charge in [0.1, 0.15) is 4.32 Å². The predicted molar refractivity (Wildman–Crippen MR) is 95.0 cm³/mol. The highest BCUT2D eigenvalue weighted by Crippen LogP contribution is 2.21. The highest BCUT2D eigenvalue weighted by molar-refractivity contribution is 8.23. The number of amides is 1. The van der Waals surface area contributed by atoms with Crippen LogP contribution >= 0.6 is 24.0 Å². The summed E-state index contributed by atoms with van der Waals surface area (Å²) in [5, 5.41) is 7.51. The van der Waals surface area contributed by atoms with Crippen LogP contribution in [0.1, 0.15) is 13.3 Å². The fourth-order valence-corrected chi connectivity index (χ4v) is 2.87. The number of hydrogen-bond donors (Lipinski definition) is 2. The molecule has 1 atom stereocenters. The van der Waals surface area contributed by atoms with Gasteiger partial charge in [-0.3, -0.25) is 9.00 Å². The first-order valence-corrected chi connectivity index (χ1v) is 9.14. The number of benzene rings is 1. The molecule has 0 aliphatic rings. The molecule has 0 aliphatic carbocycles. The van der Waals surface area contributed by atoms with Crippen molar-refractivity contribution in [1.29, 1.82) is 0 Å². The number of rotatable bonds is 6. The lowest BCUT2D eigenvalue weighted by Gasteiger charge is -2.07. The molecular formula is C14H18N2O2S3. The van der Waals surface area contributed by atoms with Crippen molar-refractivity contribution in [2.75, 3.05) is 18.1 Å². The van der Waals surface area contributed by atoms with Crippen molar-refractivity contribution in [2.45, 2.75) is 18.2 Å². The summed E-state index contributed by atoms with van der Waals surface area (Å²) in [6.07, 6.45) is 4.29. The van der Waals surface area contributed by atoms with Gasteiger partial charge in [-0.25, -0.2) is 0 Å². The Morgan fingerprint density at radius 1 is 1.38 bits per heavy atom. The van der Waals surface area contributed by atoms with E-state index in [0.29, 0.717) is 10.9 Å². The average Bonchev–Trinajstić information content (AvgIpc) is 2.39. The maximum atomic E-state index is 10.9. The van der Waals surface area contributed by atoms with Gasteiger partial charge in [-0.2, -0.15) is 0 Å². The van der Waals surface area contributed by atoms with Crippen molar-refractivity contribution in [3.8, 4) is 0 Å². The number of carbonyl (C=O) groups is 1. The number of anilines is 1. The van der Waals surface area contributed by atoms with Crippen LogP contribution in [0.3, 0.4) is 0 Å². The van der Waals surface area contributed by atoms with Gasteiger partial charge < -0.3 is 10.6 Å². The molecule has 0 spiro atoms. The van der Waals surface area contributed by atoms with Gasteiger partial charge in [0.15, 0.2) is 0 Å². The summed E-state index contributed by atoms with van der Waals surface area (Å²) in [4.78, 5) is 11.9. The second-order valence-electron chi connectivity index (χ2n) is 4.18. The van der Waals surface area contributed by atoms with Crippen molar-refractivity contribution in [1.82, 2.24) is 5.32 Å². The van der Waals surface area contributed by atoms with Gasteiger partial charge >= 0.3 is 0 Å². The van der Waals surface area contributed by atoms with E-state index in [4.69, 9.17) is 12.2 Å². The molecule has 0 heterocycles. The second kappa shape index (κ2) is 9.70. The lowest BCUT2D eigenvalue weighted by atomic mass is 10.3. The van der Waals surface area contributed by atoms with E-state index in [1.54, 1.807) is 11.7 Å². The second-order valence-corrected chi connectivity index (χ2v) is 7.20. The molecule has 0 bridgehead atoms. The first-order chi connectivity index (χ1) is 9.97. The molecule has 0 aliphatic heterocycles. The minimum absolute atomic E-state index is 0.0892. The first kappa shape index (κ1) is 17.9. The number of thioether (sulfide) groups is 1. The van der Waals surface area contributed by atoms with Crippen LogP contribution in [0.4, 0.5) is 5.69 Å². The summed E-state index contributed by atoms with van der Waals surface area (Å²) in [5.41, 5.74) is 0.767. The summed E-state index contributed by atoms with van der Waals surface area (Å²) >= 11 is 6.70. The minimum Gasteiger partial charge on any atom is -0.370 e. The SMILES string of the molecule is CC(=O)Nc1ccc(SC(=S)NCC/C=C/S(C)=O)cc1. The number of hydrogen-bond acceptors (Lipinski definition) is 4. The van der Waals surface area contributed by atoms with E-state index in [1.807, 2.05) is 30.3 Å². The molecule has 114 valence electrons. The van der Waals surface area contributed by atoms with Gasteiger partial charge in [-0.1, -0.05) is 30.1 Å². The molecule has 2 N–H and O–H groups in total. The Balaban J connectivity index is 2.34. The summed E-state index contributed by atoms with van der Waals surface area (Å²) < 4.78 is 11.5. The van der Waals surface area contributed by atoms with Crippen molar-refractivity contribution in [3.05, 3.63) is 35.7 Å². The summed E-state index contributed by atoms with van der Waals surface area (Å²) in [6.45, 7) is 2.19. The van der Waals surface area contributed by atoms with Crippen LogP contribution in [-0.4, -0.2) is 27.2 Å². The highest BCUT2D eigenvalue weighted by Gasteiger charge is 2.01. The van der Waals surface area contributed by atoms with Crippen LogP contribution in [0, 0.1) is 0 Å². The van der Waals surface area contributed by atoms with Crippen LogP contribution in [0.25, 0.3) is 0 Å². The lowest BCUT2D eigenvalue weighted by molar-refractivity contribution is -0.114. The van der Waals surface area contributed by atoms with Gasteiger partial charge in [0, 0.05) is 41.1 Å². The molecule has 1 rings (SSSR count). The standard InChI is InChI=1S/C14H18N2O2S3/c1-11(17)16-12-5-7-13(8-6-12)20-14(19)15-9-3-4-10-21(2)18/h4-8,10H,3,9H2,1-2H3,(H,15,19)(H,16,17)/b10-4+. The quantitative estimate of drug-likeness (QED) is 0.473. The molecule has 0 radical (unpaired) electrons. The Bertz CT molecular complexity index is 542. The smallest absolute Gasteiger partial charge is 0.221 e. The molecular weight excluding hydrogens is 324 g/mol. The molecule has 21 heavy (non-hydrogen) atoms. The molecule has 1 unspecified atom stereocenters. The molecule has 0 saturated heterocycles. The Morgan fingerprint density at radius 3 is 2.62 bits per heavy atom. The minimum atomic E-state index is -0.894. The molecule has 1 aromatic carbocycles. The van der Waals surface area contributed by atoms with E-state index in [9.17, 15) is 9.00 Å². The summed E-state index contributed by atoms with van der Waals surface area (Å²) in [7, 11) is -0.894. The van der Waals surface area contributed by atoms with E-state index in [1.165, 1.54) is 18.7 Å². The average molecular weight is 343 g/mol. The third-order valence-electron chi connectivity index (χ3n) is 2.25. The molecule has 4 nitrogen and oxygen atoms in total. The summed E-state index contributed by atoms with van der Waals surface area (Å²) in [5.74, 6) is -0.0892. The number of nitrogens with one attached hydrogen (secondary N) is 2. The Morgan fingerprint density at radius 2 is 2.05 bits per heavy atom. The van der Waals surface area contributed by atoms with Gasteiger partial charge in [0.25, 0.3) is 0 Å². The number of thiocarbonyl (C=S) groups is 1. The first-order valence-electron chi connectivity index (χ1n) is 6.29. The third-order valence-corrected chi connectivity index (χ3v) is 4.06. The molecule has 0 saturated carbocycles. The molecule has 1 aromatic rings.